The number of fused-ring (bicyclic) bond motifs is 3. The molecule has 41 heavy (non-hydrogen) atoms. The molecule has 5 atom stereocenters. The Bertz CT molecular complexity index is 1600. The number of aliphatic hydroxyl groups is 1. The van der Waals surface area contributed by atoms with Gasteiger partial charge in [-0.1, -0.05) is 25.1 Å². The van der Waals surface area contributed by atoms with Gasteiger partial charge in [0.05, 0.1) is 48.1 Å². The Balaban J connectivity index is 1.44. The molecule has 216 valence electrons. The van der Waals surface area contributed by atoms with Crippen LogP contribution in [-0.4, -0.2) is 77.1 Å². The Labute approximate surface area is 239 Å². The van der Waals surface area contributed by atoms with Crippen LogP contribution in [0, 0.1) is 5.92 Å². The van der Waals surface area contributed by atoms with E-state index in [2.05, 4.69) is 5.10 Å². The average molecular weight is 577 g/mol. The summed E-state index contributed by atoms with van der Waals surface area (Å²) in [5.74, 6) is -0.839. The lowest BCUT2D eigenvalue weighted by molar-refractivity contribution is -0.149. The number of aromatic nitrogens is 2. The predicted molar refractivity (Wildman–Crippen MR) is 156 cm³/mol. The summed E-state index contributed by atoms with van der Waals surface area (Å²) in [4.78, 5) is 55.6. The van der Waals surface area contributed by atoms with Crippen molar-refractivity contribution in [1.82, 2.24) is 14.7 Å². The lowest BCUT2D eigenvalue weighted by Gasteiger charge is -2.32. The second kappa shape index (κ2) is 9.87. The fraction of sp³-hybridized carbons (Fsp3) is 0.467. The van der Waals surface area contributed by atoms with E-state index in [0.717, 1.165) is 18.2 Å². The van der Waals surface area contributed by atoms with Crippen LogP contribution in [0.2, 0.25) is 18.6 Å². The second-order valence-electron chi connectivity index (χ2n) is 12.1. The number of hydrogen-bond donors (Lipinski definition) is 2. The predicted octanol–water partition coefficient (Wildman–Crippen LogP) is 2.53. The van der Waals surface area contributed by atoms with E-state index in [1.54, 1.807) is 53.4 Å². The number of carbonyl (C=O) groups is 2. The first-order chi connectivity index (χ1) is 19.5. The molecule has 1 spiro atoms. The molecule has 1 aromatic heterocycles. The first-order valence-corrected chi connectivity index (χ1v) is 17.2. The number of rotatable bonds is 5. The third kappa shape index (κ3) is 4.17. The summed E-state index contributed by atoms with van der Waals surface area (Å²) in [6.45, 7) is 6.03. The van der Waals surface area contributed by atoms with Crippen LogP contribution in [0.4, 0.5) is 5.69 Å². The highest BCUT2D eigenvalue weighted by atomic mass is 28.4. The average Bonchev–Trinajstić information content (AvgIpc) is 3.60. The van der Waals surface area contributed by atoms with E-state index in [-0.39, 0.29) is 36.4 Å². The van der Waals surface area contributed by atoms with Gasteiger partial charge in [-0.2, -0.15) is 9.78 Å². The zero-order chi connectivity index (χ0) is 29.3. The normalized spacial score (nSPS) is 27.8. The quantitative estimate of drug-likeness (QED) is 0.447. The minimum Gasteiger partial charge on any atom is -0.432 e. The zero-order valence-corrected chi connectivity index (χ0v) is 24.8. The van der Waals surface area contributed by atoms with E-state index in [9.17, 15) is 24.3 Å². The summed E-state index contributed by atoms with van der Waals surface area (Å²) in [5, 5.41) is 15.4. The maximum atomic E-state index is 14.1. The van der Waals surface area contributed by atoms with Gasteiger partial charge in [-0.15, -0.1) is 0 Å². The molecule has 2 saturated heterocycles. The van der Waals surface area contributed by atoms with Crippen molar-refractivity contribution in [3.8, 4) is 5.69 Å². The summed E-state index contributed by atoms with van der Waals surface area (Å²) in [6, 6.07) is 12.4. The summed E-state index contributed by atoms with van der Waals surface area (Å²) in [7, 11) is -1.26. The number of amides is 2. The topological polar surface area (TPSA) is 125 Å². The lowest BCUT2D eigenvalue weighted by atomic mass is 9.82. The third-order valence-corrected chi connectivity index (χ3v) is 11.8. The molecular formula is C30H36N4O6Si. The number of ether oxygens (including phenoxy) is 1. The molecule has 2 fully saturated rings. The molecule has 4 heterocycles. The minimum atomic E-state index is -2.95. The molecule has 2 amide bonds. The molecule has 3 aromatic rings. The Morgan fingerprint density at radius 3 is 2.68 bits per heavy atom. The van der Waals surface area contributed by atoms with Gasteiger partial charge in [-0.3, -0.25) is 14.4 Å². The summed E-state index contributed by atoms with van der Waals surface area (Å²) < 4.78 is 8.05. The van der Waals surface area contributed by atoms with Crippen LogP contribution in [0.5, 0.6) is 0 Å². The maximum absolute atomic E-state index is 14.1. The van der Waals surface area contributed by atoms with Gasteiger partial charge in [0.15, 0.2) is 13.9 Å². The van der Waals surface area contributed by atoms with Crippen molar-refractivity contribution in [2.45, 2.75) is 62.6 Å². The van der Waals surface area contributed by atoms with E-state index in [4.69, 9.17) is 4.74 Å². The van der Waals surface area contributed by atoms with Gasteiger partial charge < -0.3 is 24.4 Å². The molecule has 0 aliphatic carbocycles. The third-order valence-electron chi connectivity index (χ3n) is 9.32. The van der Waals surface area contributed by atoms with Gasteiger partial charge in [0, 0.05) is 36.0 Å². The van der Waals surface area contributed by atoms with Crippen LogP contribution >= 0.6 is 0 Å². The molecule has 10 nitrogen and oxygen atoms in total. The monoisotopic (exact) mass is 576 g/mol. The molecule has 0 unspecified atom stereocenters. The number of aliphatic hydroxyl groups excluding tert-OH is 1. The number of anilines is 1. The highest BCUT2D eigenvalue weighted by Crippen LogP contribution is 2.59. The highest BCUT2D eigenvalue weighted by molar-refractivity contribution is 6.71. The summed E-state index contributed by atoms with van der Waals surface area (Å²) >= 11 is 0. The molecule has 2 N–H and O–H groups in total. The van der Waals surface area contributed by atoms with E-state index in [1.807, 2.05) is 32.2 Å². The van der Waals surface area contributed by atoms with Gasteiger partial charge in [0.2, 0.25) is 5.91 Å². The molecule has 11 heteroatoms. The van der Waals surface area contributed by atoms with Gasteiger partial charge in [0.1, 0.15) is 0 Å². The number of likely N-dealkylation sites (tertiary alicyclic amines) is 1. The minimum absolute atomic E-state index is 0.0158. The number of nitrogens with zero attached hydrogens (tertiary/aromatic N) is 4. The van der Waals surface area contributed by atoms with E-state index >= 15 is 0 Å². The van der Waals surface area contributed by atoms with Crippen molar-refractivity contribution in [3.63, 3.8) is 0 Å². The number of benzene rings is 2. The van der Waals surface area contributed by atoms with Crippen LogP contribution in [0.25, 0.3) is 16.5 Å². The standard InChI is InChI=1S/C30H36N4O6Si/c1-18-27(41(3,4)39)25(15-26(36)33-13-7-9-21(33)17-35)40-30(18)23-14-20(11-12-24(23)32(2)29(30)38)34-28(37)22-10-6-5-8-19(22)16-31-34/h5-6,8,10-12,14,16,18,21,25,27,35,39H,7,9,13,15,17H2,1-4H3/t18-,21+,25+,27-,30+/m1/s1. The lowest BCUT2D eigenvalue weighted by Crippen LogP contribution is -2.45. The molecule has 3 aliphatic rings. The fourth-order valence-electron chi connectivity index (χ4n) is 7.42. The summed E-state index contributed by atoms with van der Waals surface area (Å²) in [6.07, 6.45) is 2.55. The van der Waals surface area contributed by atoms with Crippen molar-refractivity contribution in [3.05, 3.63) is 64.6 Å². The van der Waals surface area contributed by atoms with Gasteiger partial charge in [-0.25, -0.2) is 0 Å². The van der Waals surface area contributed by atoms with Crippen LogP contribution < -0.4 is 10.5 Å². The SMILES string of the molecule is C[C@@H]1[C@@H]([Si](C)(C)O)[C@H](CC(=O)N2CCC[C@H]2CO)O[C@@]12C(=O)N(C)c1ccc(-n3ncc4ccccc4c3=O)cc12. The van der Waals surface area contributed by atoms with E-state index in [0.29, 0.717) is 28.9 Å². The molecule has 3 aliphatic heterocycles. The van der Waals surface area contributed by atoms with E-state index < -0.39 is 31.5 Å². The fourth-order valence-corrected chi connectivity index (χ4v) is 9.97. The molecule has 0 bridgehead atoms. The molecule has 2 aromatic carbocycles. The van der Waals surface area contributed by atoms with Crippen LogP contribution in [0.1, 0.15) is 31.7 Å². The maximum Gasteiger partial charge on any atom is 0.279 e. The Morgan fingerprint density at radius 2 is 1.95 bits per heavy atom. The molecule has 0 saturated carbocycles. The number of likely N-dealkylation sites (N-methyl/N-ethyl adjacent to an activating group) is 1. The van der Waals surface area contributed by atoms with Crippen LogP contribution in [-0.2, 0) is 19.9 Å². The Morgan fingerprint density at radius 1 is 1.20 bits per heavy atom. The second-order valence-corrected chi connectivity index (χ2v) is 16.1. The van der Waals surface area contributed by atoms with E-state index in [1.165, 1.54) is 4.68 Å². The van der Waals surface area contributed by atoms with Crippen LogP contribution in [0.15, 0.2) is 53.5 Å². The number of hydrogen-bond acceptors (Lipinski definition) is 7. The van der Waals surface area contributed by atoms with Crippen molar-refractivity contribution >= 4 is 36.6 Å². The van der Waals surface area contributed by atoms with Gasteiger partial charge in [0.25, 0.3) is 11.5 Å². The van der Waals surface area contributed by atoms with Crippen molar-refractivity contribution < 1.29 is 24.2 Å². The molecule has 6 rings (SSSR count). The van der Waals surface area contributed by atoms with Crippen molar-refractivity contribution in [2.24, 2.45) is 5.92 Å². The summed E-state index contributed by atoms with van der Waals surface area (Å²) in [5.41, 5.74) is -0.353. The largest absolute Gasteiger partial charge is 0.432 e. The first kappa shape index (κ1) is 27.8. The smallest absolute Gasteiger partial charge is 0.279 e. The molecule has 0 radical (unpaired) electrons. The number of carbonyl (C=O) groups excluding carboxylic acids is 2. The zero-order valence-electron chi connectivity index (χ0n) is 23.8. The molecular weight excluding hydrogens is 540 g/mol. The highest BCUT2D eigenvalue weighted by Gasteiger charge is 2.66. The van der Waals surface area contributed by atoms with Crippen LogP contribution in [0.3, 0.4) is 0 Å². The Kier molecular flexibility index (Phi) is 6.68. The van der Waals surface area contributed by atoms with Crippen molar-refractivity contribution in [1.29, 1.82) is 0 Å². The van der Waals surface area contributed by atoms with Gasteiger partial charge >= 0.3 is 0 Å². The van der Waals surface area contributed by atoms with Gasteiger partial charge in [-0.05, 0) is 50.2 Å². The first-order valence-electron chi connectivity index (χ1n) is 14.2. The Hall–Kier alpha value is -3.38. The van der Waals surface area contributed by atoms with Crippen molar-refractivity contribution in [2.75, 3.05) is 25.1 Å².